The van der Waals surface area contributed by atoms with Crippen molar-refractivity contribution in [2.45, 2.75) is 11.8 Å². The Bertz CT molecular complexity index is 1230. The minimum absolute atomic E-state index is 0.0270. The molecule has 0 spiro atoms. The second-order valence-electron chi connectivity index (χ2n) is 6.79. The van der Waals surface area contributed by atoms with Crippen LogP contribution >= 0.6 is 0 Å². The van der Waals surface area contributed by atoms with Crippen molar-refractivity contribution in [2.75, 3.05) is 36.1 Å². The van der Waals surface area contributed by atoms with Gasteiger partial charge >= 0.3 is 0 Å². The minimum atomic E-state index is -4.26. The molecule has 1 fully saturated rings. The van der Waals surface area contributed by atoms with E-state index >= 15 is 0 Å². The zero-order chi connectivity index (χ0) is 23.0. The van der Waals surface area contributed by atoms with Crippen molar-refractivity contribution in [2.24, 2.45) is 5.92 Å². The lowest BCUT2D eigenvalue weighted by molar-refractivity contribution is -0.119. The largest absolute Gasteiger partial charge is 0.497 e. The summed E-state index contributed by atoms with van der Waals surface area (Å²) < 4.78 is 69.6. The van der Waals surface area contributed by atoms with Crippen molar-refractivity contribution < 1.29 is 35.8 Å². The molecule has 0 radical (unpaired) electrons. The Balaban J connectivity index is 2.07. The Morgan fingerprint density at radius 2 is 1.68 bits per heavy atom. The van der Waals surface area contributed by atoms with Gasteiger partial charge < -0.3 is 14.2 Å². The molecule has 0 saturated carbocycles. The summed E-state index contributed by atoms with van der Waals surface area (Å²) in [4.78, 5) is 12.1. The molecule has 1 atom stereocenters. The number of ether oxygens (including phenoxy) is 3. The predicted octanol–water partition coefficient (Wildman–Crippen LogP) is 1.83. The van der Waals surface area contributed by atoms with Crippen molar-refractivity contribution in [3.63, 3.8) is 0 Å². The van der Waals surface area contributed by atoms with Gasteiger partial charge in [0.2, 0.25) is 15.9 Å². The summed E-state index contributed by atoms with van der Waals surface area (Å²) in [6.45, 7) is 1.50. The average Bonchev–Trinajstić information content (AvgIpc) is 2.94. The number of hydrogen-bond acceptors (Lipinski definition) is 8. The van der Waals surface area contributed by atoms with Crippen LogP contribution in [-0.2, 0) is 24.8 Å². The lowest BCUT2D eigenvalue weighted by atomic mass is 10.2. The Hall–Kier alpha value is -2.99. The molecule has 31 heavy (non-hydrogen) atoms. The van der Waals surface area contributed by atoms with E-state index in [1.54, 1.807) is 6.07 Å². The van der Waals surface area contributed by atoms with Crippen LogP contribution in [0.25, 0.3) is 0 Å². The maximum absolute atomic E-state index is 13.1. The highest BCUT2D eigenvalue weighted by Gasteiger charge is 2.42. The first-order valence-electron chi connectivity index (χ1n) is 9.03. The van der Waals surface area contributed by atoms with E-state index in [0.29, 0.717) is 10.1 Å². The molecule has 168 valence electrons. The fourth-order valence-electron chi connectivity index (χ4n) is 3.17. The first kappa shape index (κ1) is 22.7. The van der Waals surface area contributed by atoms with Gasteiger partial charge in [0.25, 0.3) is 10.0 Å². The van der Waals surface area contributed by atoms with Crippen LogP contribution in [0.1, 0.15) is 6.92 Å². The second-order valence-corrected chi connectivity index (χ2v) is 10.3. The number of rotatable bonds is 7. The van der Waals surface area contributed by atoms with Crippen LogP contribution in [0.4, 0.5) is 11.4 Å². The van der Waals surface area contributed by atoms with Crippen LogP contribution in [-0.4, -0.2) is 49.8 Å². The number of methoxy groups -OCH3 is 3. The number of sulfonamides is 2. The van der Waals surface area contributed by atoms with Crippen LogP contribution in [0.3, 0.4) is 0 Å². The molecule has 12 heteroatoms. The number of carbonyl (C=O) groups is 1. The first-order valence-corrected chi connectivity index (χ1v) is 12.1. The molecule has 1 saturated heterocycles. The zero-order valence-electron chi connectivity index (χ0n) is 17.3. The van der Waals surface area contributed by atoms with Gasteiger partial charge in [-0.3, -0.25) is 9.52 Å². The molecule has 10 nitrogen and oxygen atoms in total. The standard InChI is InChI=1S/C19H22N2O8S2/c1-12-11-30(23,24)21(19(12)22)13-5-8-16(28-3)18(9-13)31(25,26)20-15-7-6-14(27-2)10-17(15)29-4/h5-10,12,20H,11H2,1-4H3/t12-/m0/s1. The number of hydrogen-bond donors (Lipinski definition) is 1. The van der Waals surface area contributed by atoms with E-state index < -0.39 is 31.9 Å². The lowest BCUT2D eigenvalue weighted by Gasteiger charge is -2.19. The van der Waals surface area contributed by atoms with E-state index in [9.17, 15) is 21.6 Å². The van der Waals surface area contributed by atoms with E-state index in [2.05, 4.69) is 4.72 Å². The molecule has 0 bridgehead atoms. The fourth-order valence-corrected chi connectivity index (χ4v) is 6.24. The number of amides is 1. The van der Waals surface area contributed by atoms with Crippen LogP contribution in [0.2, 0.25) is 0 Å². The molecule has 1 heterocycles. The van der Waals surface area contributed by atoms with Crippen LogP contribution < -0.4 is 23.2 Å². The van der Waals surface area contributed by atoms with E-state index in [1.807, 2.05) is 0 Å². The Morgan fingerprint density at radius 1 is 1.00 bits per heavy atom. The Labute approximate surface area is 180 Å². The topological polar surface area (TPSA) is 128 Å². The molecule has 3 rings (SSSR count). The van der Waals surface area contributed by atoms with Crippen LogP contribution in [0.15, 0.2) is 41.3 Å². The van der Waals surface area contributed by atoms with Gasteiger partial charge in [0.15, 0.2) is 0 Å². The van der Waals surface area contributed by atoms with Crippen molar-refractivity contribution >= 4 is 37.3 Å². The van der Waals surface area contributed by atoms with Crippen LogP contribution in [0.5, 0.6) is 17.2 Å². The number of benzene rings is 2. The van der Waals surface area contributed by atoms with Gasteiger partial charge in [-0.15, -0.1) is 0 Å². The monoisotopic (exact) mass is 470 g/mol. The predicted molar refractivity (Wildman–Crippen MR) is 114 cm³/mol. The highest BCUT2D eigenvalue weighted by Crippen LogP contribution is 2.36. The fraction of sp³-hybridized carbons (Fsp3) is 0.316. The molecule has 2 aromatic rings. The van der Waals surface area contributed by atoms with Gasteiger partial charge in [-0.25, -0.2) is 21.1 Å². The van der Waals surface area contributed by atoms with Crippen molar-refractivity contribution in [1.29, 1.82) is 0 Å². The Kier molecular flexibility index (Phi) is 6.05. The average molecular weight is 471 g/mol. The third-order valence-corrected chi connectivity index (χ3v) is 7.94. The van der Waals surface area contributed by atoms with Crippen molar-refractivity contribution in [3.8, 4) is 17.2 Å². The maximum atomic E-state index is 13.1. The summed E-state index contributed by atoms with van der Waals surface area (Å²) in [6.07, 6.45) is 0. The summed E-state index contributed by atoms with van der Waals surface area (Å²) in [7, 11) is -4.05. The zero-order valence-corrected chi connectivity index (χ0v) is 18.9. The summed E-state index contributed by atoms with van der Waals surface area (Å²) in [6, 6.07) is 8.21. The van der Waals surface area contributed by atoms with Gasteiger partial charge in [-0.2, -0.15) is 0 Å². The quantitative estimate of drug-likeness (QED) is 0.649. The molecular weight excluding hydrogens is 448 g/mol. The molecular formula is C19H22N2O8S2. The molecule has 0 aromatic heterocycles. The number of nitrogens with zero attached hydrogens (tertiary/aromatic N) is 1. The van der Waals surface area contributed by atoms with Gasteiger partial charge in [-0.05, 0) is 30.3 Å². The summed E-state index contributed by atoms with van der Waals surface area (Å²) in [5.41, 5.74) is 0.0477. The van der Waals surface area contributed by atoms with E-state index in [-0.39, 0.29) is 33.5 Å². The second kappa shape index (κ2) is 8.27. The van der Waals surface area contributed by atoms with E-state index in [4.69, 9.17) is 14.2 Å². The molecule has 0 aliphatic carbocycles. The summed E-state index contributed by atoms with van der Waals surface area (Å²) >= 11 is 0. The van der Waals surface area contributed by atoms with Crippen molar-refractivity contribution in [3.05, 3.63) is 36.4 Å². The highest BCUT2D eigenvalue weighted by molar-refractivity contribution is 7.94. The van der Waals surface area contributed by atoms with E-state index in [0.717, 1.165) is 6.07 Å². The number of carbonyl (C=O) groups excluding carboxylic acids is 1. The van der Waals surface area contributed by atoms with Crippen molar-refractivity contribution in [1.82, 2.24) is 0 Å². The van der Waals surface area contributed by atoms with Crippen LogP contribution in [0, 0.1) is 5.92 Å². The maximum Gasteiger partial charge on any atom is 0.265 e. The molecule has 1 amide bonds. The number of nitrogens with one attached hydrogen (secondary N) is 1. The lowest BCUT2D eigenvalue weighted by Crippen LogP contribution is -2.30. The van der Waals surface area contributed by atoms with Gasteiger partial charge in [-0.1, -0.05) is 6.92 Å². The first-order chi connectivity index (χ1) is 14.5. The molecule has 1 N–H and O–H groups in total. The smallest absolute Gasteiger partial charge is 0.265 e. The minimum Gasteiger partial charge on any atom is -0.497 e. The van der Waals surface area contributed by atoms with Gasteiger partial charge in [0, 0.05) is 6.07 Å². The molecule has 0 unspecified atom stereocenters. The van der Waals surface area contributed by atoms with Gasteiger partial charge in [0.05, 0.1) is 44.4 Å². The summed E-state index contributed by atoms with van der Waals surface area (Å²) in [5, 5.41) is 0. The third kappa shape index (κ3) is 4.26. The highest BCUT2D eigenvalue weighted by atomic mass is 32.2. The number of anilines is 2. The van der Waals surface area contributed by atoms with Gasteiger partial charge in [0.1, 0.15) is 22.1 Å². The normalized spacial score (nSPS) is 18.0. The Morgan fingerprint density at radius 3 is 2.23 bits per heavy atom. The summed E-state index contributed by atoms with van der Waals surface area (Å²) in [5.74, 6) is -1.05. The molecule has 1 aliphatic rings. The van der Waals surface area contributed by atoms with E-state index in [1.165, 1.54) is 52.5 Å². The molecule has 2 aromatic carbocycles. The SMILES string of the molecule is COc1ccc(NS(=O)(=O)c2cc(N3C(=O)[C@@H](C)CS3(=O)=O)ccc2OC)c(OC)c1. The third-order valence-electron chi connectivity index (χ3n) is 4.68. The molecule has 1 aliphatic heterocycles.